The van der Waals surface area contributed by atoms with Crippen LogP contribution in [0.2, 0.25) is 0 Å². The molecule has 1 unspecified atom stereocenters. The smallest absolute Gasteiger partial charge is 0.262 e. The monoisotopic (exact) mass is 248 g/mol. The molecule has 17 heavy (non-hydrogen) atoms. The summed E-state index contributed by atoms with van der Waals surface area (Å²) < 4.78 is 27.1. The average molecular weight is 248 g/mol. The fourth-order valence-corrected chi connectivity index (χ4v) is 3.02. The van der Waals surface area contributed by atoms with Gasteiger partial charge in [-0.1, -0.05) is 0 Å². The van der Waals surface area contributed by atoms with Crippen LogP contribution in [0.1, 0.15) is 33.1 Å². The number of piperidine rings is 1. The summed E-state index contributed by atoms with van der Waals surface area (Å²) in [7, 11) is 0. The van der Waals surface area contributed by atoms with Gasteiger partial charge in [-0.25, -0.2) is 8.78 Å². The van der Waals surface area contributed by atoms with Crippen LogP contribution < -0.4 is 5.32 Å². The van der Waals surface area contributed by atoms with Gasteiger partial charge in [0.2, 0.25) is 0 Å². The van der Waals surface area contributed by atoms with E-state index in [4.69, 9.17) is 0 Å². The lowest BCUT2D eigenvalue weighted by molar-refractivity contribution is -0.0215. The first-order valence-electron chi connectivity index (χ1n) is 6.36. The molecule has 5 heteroatoms. The summed E-state index contributed by atoms with van der Waals surface area (Å²) in [5, 5.41) is 13.3. The maximum atomic E-state index is 13.6. The van der Waals surface area contributed by atoms with Crippen molar-refractivity contribution in [3.8, 4) is 0 Å². The highest BCUT2D eigenvalue weighted by Crippen LogP contribution is 2.39. The van der Waals surface area contributed by atoms with Crippen LogP contribution in [0.4, 0.5) is 8.78 Å². The average Bonchev–Trinajstić information content (AvgIpc) is 2.56. The van der Waals surface area contributed by atoms with Gasteiger partial charge in [0.1, 0.15) is 0 Å². The summed E-state index contributed by atoms with van der Waals surface area (Å²) in [6.07, 6.45) is 1.56. The van der Waals surface area contributed by atoms with Crippen LogP contribution in [0, 0.1) is 0 Å². The van der Waals surface area contributed by atoms with Crippen molar-refractivity contribution in [2.24, 2.45) is 0 Å². The van der Waals surface area contributed by atoms with Gasteiger partial charge in [-0.15, -0.1) is 0 Å². The molecule has 2 heterocycles. The lowest BCUT2D eigenvalue weighted by Crippen LogP contribution is -2.52. The predicted molar refractivity (Wildman–Crippen MR) is 62.2 cm³/mol. The molecule has 3 nitrogen and oxygen atoms in total. The van der Waals surface area contributed by atoms with Crippen molar-refractivity contribution in [2.45, 2.75) is 56.7 Å². The van der Waals surface area contributed by atoms with Crippen molar-refractivity contribution >= 4 is 0 Å². The summed E-state index contributed by atoms with van der Waals surface area (Å²) in [4.78, 5) is 1.83. The highest BCUT2D eigenvalue weighted by Gasteiger charge is 2.51. The SMILES string of the molecule is CC(C)(O)C1CC(F)(F)CN1C1CCNCC1. The van der Waals surface area contributed by atoms with E-state index in [0.29, 0.717) is 0 Å². The Morgan fingerprint density at radius 1 is 1.29 bits per heavy atom. The number of rotatable bonds is 2. The van der Waals surface area contributed by atoms with E-state index in [1.807, 2.05) is 4.90 Å². The minimum absolute atomic E-state index is 0.182. The van der Waals surface area contributed by atoms with Gasteiger partial charge in [0, 0.05) is 18.5 Å². The summed E-state index contributed by atoms with van der Waals surface area (Å²) in [5.74, 6) is -2.66. The first kappa shape index (κ1) is 13.2. The molecule has 0 aromatic rings. The van der Waals surface area contributed by atoms with E-state index < -0.39 is 17.6 Å². The highest BCUT2D eigenvalue weighted by molar-refractivity contribution is 5.01. The van der Waals surface area contributed by atoms with Crippen LogP contribution in [0.5, 0.6) is 0 Å². The Morgan fingerprint density at radius 3 is 2.41 bits per heavy atom. The number of hydrogen-bond acceptors (Lipinski definition) is 3. The Labute approximate surface area is 101 Å². The molecule has 2 N–H and O–H groups in total. The van der Waals surface area contributed by atoms with Gasteiger partial charge < -0.3 is 10.4 Å². The fourth-order valence-electron chi connectivity index (χ4n) is 3.02. The molecule has 0 spiro atoms. The highest BCUT2D eigenvalue weighted by atomic mass is 19.3. The van der Waals surface area contributed by atoms with Crippen molar-refractivity contribution in [3.63, 3.8) is 0 Å². The molecule has 0 saturated carbocycles. The molecule has 0 amide bonds. The first-order chi connectivity index (χ1) is 7.80. The van der Waals surface area contributed by atoms with E-state index >= 15 is 0 Å². The Kier molecular flexibility index (Phi) is 3.45. The maximum absolute atomic E-state index is 13.6. The largest absolute Gasteiger partial charge is 0.389 e. The summed E-state index contributed by atoms with van der Waals surface area (Å²) in [6.45, 7) is 4.82. The number of aliphatic hydroxyl groups is 1. The molecule has 1 atom stereocenters. The van der Waals surface area contributed by atoms with E-state index in [9.17, 15) is 13.9 Å². The second kappa shape index (κ2) is 4.44. The van der Waals surface area contributed by atoms with E-state index in [-0.39, 0.29) is 19.0 Å². The molecule has 100 valence electrons. The zero-order valence-corrected chi connectivity index (χ0v) is 10.5. The van der Waals surface area contributed by atoms with E-state index in [2.05, 4.69) is 5.32 Å². The number of hydrogen-bond donors (Lipinski definition) is 2. The Hall–Kier alpha value is -0.260. The maximum Gasteiger partial charge on any atom is 0.262 e. The van der Waals surface area contributed by atoms with Crippen LogP contribution in [0.25, 0.3) is 0 Å². The minimum Gasteiger partial charge on any atom is -0.389 e. The zero-order chi connectivity index (χ0) is 12.7. The van der Waals surface area contributed by atoms with Crippen LogP contribution in [0.15, 0.2) is 0 Å². The Balaban J connectivity index is 2.12. The second-order valence-corrected chi connectivity index (χ2v) is 5.88. The van der Waals surface area contributed by atoms with E-state index in [1.54, 1.807) is 13.8 Å². The van der Waals surface area contributed by atoms with E-state index in [1.165, 1.54) is 0 Å². The van der Waals surface area contributed by atoms with Crippen molar-refractivity contribution in [1.82, 2.24) is 10.2 Å². The molecule has 2 rings (SSSR count). The summed E-state index contributed by atoms with van der Waals surface area (Å²) in [6, 6.07) is -0.248. The lowest BCUT2D eigenvalue weighted by Gasteiger charge is -2.40. The normalized spacial score (nSPS) is 31.9. The topological polar surface area (TPSA) is 35.5 Å². The number of nitrogens with zero attached hydrogens (tertiary/aromatic N) is 1. The molecular weight excluding hydrogens is 226 g/mol. The van der Waals surface area contributed by atoms with Gasteiger partial charge in [-0.2, -0.15) is 0 Å². The zero-order valence-electron chi connectivity index (χ0n) is 10.5. The van der Waals surface area contributed by atoms with Gasteiger partial charge in [-0.3, -0.25) is 4.90 Å². The third kappa shape index (κ3) is 2.95. The quantitative estimate of drug-likeness (QED) is 0.771. The fraction of sp³-hybridized carbons (Fsp3) is 1.00. The molecule has 2 fully saturated rings. The number of halogens is 2. The minimum atomic E-state index is -2.66. The van der Waals surface area contributed by atoms with Crippen molar-refractivity contribution < 1.29 is 13.9 Å². The molecule has 2 saturated heterocycles. The Bertz CT molecular complexity index is 272. The van der Waals surface area contributed by atoms with Gasteiger partial charge in [0.25, 0.3) is 5.92 Å². The van der Waals surface area contributed by atoms with Gasteiger partial charge in [0.05, 0.1) is 12.1 Å². The summed E-state index contributed by atoms with van der Waals surface area (Å²) in [5.41, 5.74) is -1.06. The first-order valence-corrected chi connectivity index (χ1v) is 6.36. The molecule has 0 radical (unpaired) electrons. The van der Waals surface area contributed by atoms with Crippen molar-refractivity contribution in [2.75, 3.05) is 19.6 Å². The third-order valence-corrected chi connectivity index (χ3v) is 3.90. The standard InChI is InChI=1S/C12H22F2N2O/c1-11(2,17)10-7-12(13,14)8-16(10)9-3-5-15-6-4-9/h9-10,15,17H,3-8H2,1-2H3. The summed E-state index contributed by atoms with van der Waals surface area (Å²) >= 11 is 0. The number of alkyl halides is 2. The van der Waals surface area contributed by atoms with Crippen LogP contribution in [0.3, 0.4) is 0 Å². The molecule has 0 bridgehead atoms. The molecule has 0 aromatic heterocycles. The van der Waals surface area contributed by atoms with Crippen LogP contribution >= 0.6 is 0 Å². The predicted octanol–water partition coefficient (Wildman–Crippen LogP) is 1.22. The Morgan fingerprint density at radius 2 is 1.88 bits per heavy atom. The van der Waals surface area contributed by atoms with Crippen LogP contribution in [-0.4, -0.2) is 53.2 Å². The number of likely N-dealkylation sites (tertiary alicyclic amines) is 1. The third-order valence-electron chi connectivity index (χ3n) is 3.90. The molecular formula is C12H22F2N2O. The van der Waals surface area contributed by atoms with Crippen molar-refractivity contribution in [1.29, 1.82) is 0 Å². The van der Waals surface area contributed by atoms with Crippen molar-refractivity contribution in [3.05, 3.63) is 0 Å². The molecule has 0 aliphatic carbocycles. The second-order valence-electron chi connectivity index (χ2n) is 5.88. The van der Waals surface area contributed by atoms with Gasteiger partial charge >= 0.3 is 0 Å². The van der Waals surface area contributed by atoms with Gasteiger partial charge in [0.15, 0.2) is 0 Å². The lowest BCUT2D eigenvalue weighted by atomic mass is 9.93. The van der Waals surface area contributed by atoms with Crippen LogP contribution in [-0.2, 0) is 0 Å². The van der Waals surface area contributed by atoms with Gasteiger partial charge in [-0.05, 0) is 39.8 Å². The molecule has 2 aliphatic rings. The number of nitrogens with one attached hydrogen (secondary N) is 1. The molecule has 2 aliphatic heterocycles. The van der Waals surface area contributed by atoms with E-state index in [0.717, 1.165) is 25.9 Å². The molecule has 0 aromatic carbocycles.